The van der Waals surface area contributed by atoms with E-state index in [1.54, 1.807) is 30.6 Å². The number of hydrogen-bond donors (Lipinski definition) is 0. The van der Waals surface area contributed by atoms with Gasteiger partial charge in [-0.3, -0.25) is 9.78 Å². The molecule has 1 fully saturated rings. The van der Waals surface area contributed by atoms with E-state index in [0.717, 1.165) is 37.0 Å². The van der Waals surface area contributed by atoms with E-state index >= 15 is 0 Å². The van der Waals surface area contributed by atoms with Crippen molar-refractivity contribution >= 4 is 15.9 Å². The Morgan fingerprint density at radius 2 is 1.91 bits per heavy atom. The number of aromatic nitrogens is 1. The third kappa shape index (κ3) is 4.89. The van der Waals surface area contributed by atoms with Crippen LogP contribution in [0.25, 0.3) is 0 Å². The molecule has 1 aliphatic heterocycles. The molecule has 1 saturated heterocycles. The molecule has 0 bridgehead atoms. The monoisotopic (exact) mass is 457 g/mol. The van der Waals surface area contributed by atoms with Crippen LogP contribution in [0.15, 0.2) is 70.4 Å². The minimum absolute atomic E-state index is 0.0948. The van der Waals surface area contributed by atoms with Crippen LogP contribution >= 0.6 is 0 Å². The molecule has 3 heterocycles. The summed E-state index contributed by atoms with van der Waals surface area (Å²) in [6, 6.07) is 10.6. The SMILES string of the molecule is O=C(c1ccc(F)c(S(=O)(=O)N2CCCCC2)c1)N(Cc1cccnc1)Cc1ccco1. The second-order valence-corrected chi connectivity index (χ2v) is 9.62. The van der Waals surface area contributed by atoms with Gasteiger partial charge in [0.05, 0.1) is 12.8 Å². The first-order valence-corrected chi connectivity index (χ1v) is 11.9. The van der Waals surface area contributed by atoms with Crippen LogP contribution in [0, 0.1) is 5.82 Å². The first-order chi connectivity index (χ1) is 15.4. The molecule has 9 heteroatoms. The molecule has 7 nitrogen and oxygen atoms in total. The maximum Gasteiger partial charge on any atom is 0.254 e. The maximum absolute atomic E-state index is 14.6. The molecule has 0 N–H and O–H groups in total. The lowest BCUT2D eigenvalue weighted by Gasteiger charge is -2.26. The number of amides is 1. The number of halogens is 1. The van der Waals surface area contributed by atoms with E-state index in [0.29, 0.717) is 18.8 Å². The van der Waals surface area contributed by atoms with Crippen LogP contribution in [0.3, 0.4) is 0 Å². The Labute approximate surface area is 186 Å². The molecule has 168 valence electrons. The van der Waals surface area contributed by atoms with Crippen LogP contribution in [0.2, 0.25) is 0 Å². The molecule has 1 amide bonds. The van der Waals surface area contributed by atoms with Gasteiger partial charge in [0, 0.05) is 37.6 Å². The number of carbonyl (C=O) groups excluding carboxylic acids is 1. The van der Waals surface area contributed by atoms with Gasteiger partial charge in [0.1, 0.15) is 16.5 Å². The van der Waals surface area contributed by atoms with Crippen LogP contribution in [-0.4, -0.2) is 41.6 Å². The lowest BCUT2D eigenvalue weighted by molar-refractivity contribution is 0.0717. The van der Waals surface area contributed by atoms with Gasteiger partial charge in [-0.05, 0) is 54.8 Å². The van der Waals surface area contributed by atoms with Gasteiger partial charge in [-0.25, -0.2) is 12.8 Å². The van der Waals surface area contributed by atoms with Crippen molar-refractivity contribution in [3.63, 3.8) is 0 Å². The van der Waals surface area contributed by atoms with Gasteiger partial charge >= 0.3 is 0 Å². The van der Waals surface area contributed by atoms with Gasteiger partial charge in [0.2, 0.25) is 10.0 Å². The molecule has 3 aromatic rings. The number of rotatable bonds is 7. The van der Waals surface area contributed by atoms with E-state index in [9.17, 15) is 17.6 Å². The molecule has 0 radical (unpaired) electrons. The fraction of sp³-hybridized carbons (Fsp3) is 0.304. The van der Waals surface area contributed by atoms with Gasteiger partial charge in [0.15, 0.2) is 0 Å². The summed E-state index contributed by atoms with van der Waals surface area (Å²) < 4.78 is 47.3. The summed E-state index contributed by atoms with van der Waals surface area (Å²) >= 11 is 0. The Morgan fingerprint density at radius 3 is 2.59 bits per heavy atom. The van der Waals surface area contributed by atoms with Crippen LogP contribution in [0.1, 0.15) is 40.9 Å². The minimum atomic E-state index is -4.02. The van der Waals surface area contributed by atoms with Crippen molar-refractivity contribution in [3.8, 4) is 0 Å². The number of carbonyl (C=O) groups is 1. The zero-order valence-electron chi connectivity index (χ0n) is 17.5. The number of benzene rings is 1. The number of sulfonamides is 1. The van der Waals surface area contributed by atoms with E-state index in [-0.39, 0.29) is 18.7 Å². The average Bonchev–Trinajstić information content (AvgIpc) is 3.33. The summed E-state index contributed by atoms with van der Waals surface area (Å²) in [5.74, 6) is -0.720. The highest BCUT2D eigenvalue weighted by Gasteiger charge is 2.30. The first kappa shape index (κ1) is 22.2. The largest absolute Gasteiger partial charge is 0.467 e. The maximum atomic E-state index is 14.6. The third-order valence-corrected chi connectivity index (χ3v) is 7.33. The minimum Gasteiger partial charge on any atom is -0.467 e. The van der Waals surface area contributed by atoms with Gasteiger partial charge in [0.25, 0.3) is 5.91 Å². The van der Waals surface area contributed by atoms with E-state index < -0.39 is 26.6 Å². The van der Waals surface area contributed by atoms with Gasteiger partial charge < -0.3 is 9.32 Å². The molecule has 0 spiro atoms. The lowest BCUT2D eigenvalue weighted by Crippen LogP contribution is -2.36. The van der Waals surface area contributed by atoms with Crippen LogP contribution in [0.4, 0.5) is 4.39 Å². The second kappa shape index (κ2) is 9.62. The number of pyridine rings is 1. The topological polar surface area (TPSA) is 83.7 Å². The molecule has 0 saturated carbocycles. The van der Waals surface area contributed by atoms with Crippen molar-refractivity contribution in [2.45, 2.75) is 37.2 Å². The van der Waals surface area contributed by atoms with Crippen molar-refractivity contribution in [2.24, 2.45) is 0 Å². The molecule has 1 aliphatic rings. The smallest absolute Gasteiger partial charge is 0.254 e. The number of hydrogen-bond acceptors (Lipinski definition) is 5. The Morgan fingerprint density at radius 1 is 1.09 bits per heavy atom. The predicted octanol–water partition coefficient (Wildman–Crippen LogP) is 3.83. The Hall–Kier alpha value is -3.04. The molecule has 4 rings (SSSR count). The lowest BCUT2D eigenvalue weighted by atomic mass is 10.1. The van der Waals surface area contributed by atoms with E-state index in [1.807, 2.05) is 6.07 Å². The average molecular weight is 458 g/mol. The normalized spacial score (nSPS) is 14.9. The van der Waals surface area contributed by atoms with Crippen LogP contribution in [-0.2, 0) is 23.1 Å². The summed E-state index contributed by atoms with van der Waals surface area (Å²) in [6.07, 6.45) is 7.23. The molecular weight excluding hydrogens is 433 g/mol. The number of furan rings is 1. The van der Waals surface area contributed by atoms with Gasteiger partial charge in [-0.15, -0.1) is 0 Å². The highest BCUT2D eigenvalue weighted by molar-refractivity contribution is 7.89. The predicted molar refractivity (Wildman–Crippen MR) is 116 cm³/mol. The Balaban J connectivity index is 1.65. The fourth-order valence-corrected chi connectivity index (χ4v) is 5.37. The summed E-state index contributed by atoms with van der Waals surface area (Å²) in [7, 11) is -4.02. The molecular formula is C23H24FN3O4S. The number of nitrogens with zero attached hydrogens (tertiary/aromatic N) is 3. The van der Waals surface area contributed by atoms with Crippen molar-refractivity contribution in [2.75, 3.05) is 13.1 Å². The molecule has 32 heavy (non-hydrogen) atoms. The number of piperidine rings is 1. The van der Waals surface area contributed by atoms with Crippen LogP contribution in [0.5, 0.6) is 0 Å². The quantitative estimate of drug-likeness (QED) is 0.538. The summed E-state index contributed by atoms with van der Waals surface area (Å²) in [5.41, 5.74) is 0.896. The highest BCUT2D eigenvalue weighted by atomic mass is 32.2. The van der Waals surface area contributed by atoms with Crippen LogP contribution < -0.4 is 0 Å². The van der Waals surface area contributed by atoms with E-state index in [2.05, 4.69) is 4.98 Å². The van der Waals surface area contributed by atoms with Crippen molar-refractivity contribution < 1.29 is 22.0 Å². The molecule has 1 aromatic carbocycles. The zero-order valence-corrected chi connectivity index (χ0v) is 18.3. The first-order valence-electron chi connectivity index (χ1n) is 10.5. The molecule has 0 atom stereocenters. The fourth-order valence-electron chi connectivity index (χ4n) is 3.76. The highest BCUT2D eigenvalue weighted by Crippen LogP contribution is 2.25. The standard InChI is InChI=1S/C23H24FN3O4S/c24-21-9-8-19(14-22(21)32(29,30)27-11-2-1-3-12-27)23(28)26(17-20-7-5-13-31-20)16-18-6-4-10-25-15-18/h4-10,13-15H,1-3,11-12,16-17H2. The van der Waals surface area contributed by atoms with E-state index in [4.69, 9.17) is 4.42 Å². The van der Waals surface area contributed by atoms with Crippen molar-refractivity contribution in [1.82, 2.24) is 14.2 Å². The van der Waals surface area contributed by atoms with Crippen molar-refractivity contribution in [3.05, 3.63) is 83.8 Å². The Kier molecular flexibility index (Phi) is 6.66. The van der Waals surface area contributed by atoms with E-state index in [1.165, 1.54) is 21.5 Å². The second-order valence-electron chi connectivity index (χ2n) is 7.71. The summed E-state index contributed by atoms with van der Waals surface area (Å²) in [5, 5.41) is 0. The molecule has 0 unspecified atom stereocenters. The summed E-state index contributed by atoms with van der Waals surface area (Å²) in [6.45, 7) is 1.11. The third-order valence-electron chi connectivity index (χ3n) is 5.42. The van der Waals surface area contributed by atoms with Crippen molar-refractivity contribution in [1.29, 1.82) is 0 Å². The zero-order chi connectivity index (χ0) is 22.6. The summed E-state index contributed by atoms with van der Waals surface area (Å²) in [4.78, 5) is 18.5. The molecule has 2 aromatic heterocycles. The molecule has 0 aliphatic carbocycles. The van der Waals surface area contributed by atoms with Gasteiger partial charge in [-0.2, -0.15) is 4.31 Å². The Bertz CT molecular complexity index is 1160. The van der Waals surface area contributed by atoms with Gasteiger partial charge in [-0.1, -0.05) is 12.5 Å².